The molecule has 0 bridgehead atoms. The van der Waals surface area contributed by atoms with Crippen LogP contribution in [-0.4, -0.2) is 41.9 Å². The summed E-state index contributed by atoms with van der Waals surface area (Å²) in [5.41, 5.74) is 6.22. The second-order valence-electron chi connectivity index (χ2n) is 7.54. The van der Waals surface area contributed by atoms with E-state index in [1.165, 1.54) is 11.5 Å². The summed E-state index contributed by atoms with van der Waals surface area (Å²) in [7, 11) is 0. The molecular formula is C21H20F3N5O2S. The maximum atomic E-state index is 12.9. The number of nitrogen functional groups attached to an aromatic ring is 1. The van der Waals surface area contributed by atoms with Gasteiger partial charge < -0.3 is 21.3 Å². The van der Waals surface area contributed by atoms with E-state index >= 15 is 0 Å². The first kappa shape index (κ1) is 21.9. The van der Waals surface area contributed by atoms with Gasteiger partial charge in [-0.25, -0.2) is 0 Å². The molecule has 32 heavy (non-hydrogen) atoms. The SMILES string of the molecule is Nc1ccc(C(F)(F)F)cc1C(=O)NCC(=O)N[C@@H]1CCN(c2ccc3nscc3c2)C1. The fourth-order valence-corrected chi connectivity index (χ4v) is 4.27. The number of nitrogens with two attached hydrogens (primary N) is 1. The Kier molecular flexibility index (Phi) is 5.92. The molecule has 1 aliphatic rings. The maximum Gasteiger partial charge on any atom is 0.416 e. The van der Waals surface area contributed by atoms with Crippen LogP contribution >= 0.6 is 11.5 Å². The average Bonchev–Trinajstić information content (AvgIpc) is 3.40. The summed E-state index contributed by atoms with van der Waals surface area (Å²) >= 11 is 1.40. The molecule has 1 atom stereocenters. The number of amides is 2. The molecule has 4 N–H and O–H groups in total. The fourth-order valence-electron chi connectivity index (χ4n) is 3.63. The Bertz CT molecular complexity index is 1160. The van der Waals surface area contributed by atoms with Crippen molar-refractivity contribution in [2.75, 3.05) is 30.3 Å². The number of halogens is 3. The van der Waals surface area contributed by atoms with Gasteiger partial charge in [-0.2, -0.15) is 17.5 Å². The third-order valence-corrected chi connectivity index (χ3v) is 5.96. The summed E-state index contributed by atoms with van der Waals surface area (Å²) in [5, 5.41) is 8.23. The minimum atomic E-state index is -4.60. The summed E-state index contributed by atoms with van der Waals surface area (Å²) in [6, 6.07) is 8.41. The molecule has 0 radical (unpaired) electrons. The molecule has 2 heterocycles. The van der Waals surface area contributed by atoms with Crippen molar-refractivity contribution in [3.8, 4) is 0 Å². The van der Waals surface area contributed by atoms with E-state index in [0.717, 1.165) is 41.7 Å². The van der Waals surface area contributed by atoms with Crippen molar-refractivity contribution in [2.24, 2.45) is 0 Å². The predicted octanol–water partition coefficient (Wildman–Crippen LogP) is 3.02. The lowest BCUT2D eigenvalue weighted by atomic mass is 10.1. The van der Waals surface area contributed by atoms with E-state index in [0.29, 0.717) is 12.6 Å². The summed E-state index contributed by atoms with van der Waals surface area (Å²) in [5.74, 6) is -1.26. The zero-order valence-corrected chi connectivity index (χ0v) is 17.6. The van der Waals surface area contributed by atoms with Gasteiger partial charge in [-0.1, -0.05) is 0 Å². The van der Waals surface area contributed by atoms with E-state index in [-0.39, 0.29) is 23.8 Å². The summed E-state index contributed by atoms with van der Waals surface area (Å²) < 4.78 is 42.9. The Morgan fingerprint density at radius 3 is 2.81 bits per heavy atom. The standard InChI is InChI=1S/C21H20F3N5O2S/c22-21(23,24)13-1-3-17(25)16(8-13)20(31)26-9-19(30)27-14-5-6-29(10-14)15-2-4-18-12(7-15)11-32-28-18/h1-4,7-8,11,14H,5-6,9-10,25H2,(H,26,31)(H,27,30)/t14-/m1/s1. The molecule has 1 aromatic heterocycles. The molecule has 1 saturated heterocycles. The molecule has 2 aromatic carbocycles. The topological polar surface area (TPSA) is 100 Å². The van der Waals surface area contributed by atoms with Crippen molar-refractivity contribution in [1.29, 1.82) is 0 Å². The Morgan fingerprint density at radius 1 is 1.22 bits per heavy atom. The highest BCUT2D eigenvalue weighted by Crippen LogP contribution is 2.31. The van der Waals surface area contributed by atoms with E-state index in [1.807, 2.05) is 17.5 Å². The minimum Gasteiger partial charge on any atom is -0.398 e. The molecule has 168 valence electrons. The zero-order chi connectivity index (χ0) is 22.9. The number of nitrogens with zero attached hydrogens (tertiary/aromatic N) is 2. The molecule has 11 heteroatoms. The van der Waals surface area contributed by atoms with Crippen LogP contribution < -0.4 is 21.3 Å². The molecular weight excluding hydrogens is 443 g/mol. The van der Waals surface area contributed by atoms with E-state index < -0.39 is 23.6 Å². The van der Waals surface area contributed by atoms with E-state index in [1.54, 1.807) is 0 Å². The largest absolute Gasteiger partial charge is 0.416 e. The Morgan fingerprint density at radius 2 is 2.03 bits per heavy atom. The molecule has 0 aliphatic carbocycles. The van der Waals surface area contributed by atoms with Gasteiger partial charge in [0, 0.05) is 41.3 Å². The molecule has 7 nitrogen and oxygen atoms in total. The monoisotopic (exact) mass is 463 g/mol. The smallest absolute Gasteiger partial charge is 0.398 e. The zero-order valence-electron chi connectivity index (χ0n) is 16.8. The highest BCUT2D eigenvalue weighted by atomic mass is 32.1. The van der Waals surface area contributed by atoms with Gasteiger partial charge in [-0.3, -0.25) is 9.59 Å². The van der Waals surface area contributed by atoms with Crippen molar-refractivity contribution in [3.63, 3.8) is 0 Å². The summed E-state index contributed by atoms with van der Waals surface area (Å²) in [6.45, 7) is 1.02. The quantitative estimate of drug-likeness (QED) is 0.505. The first-order chi connectivity index (χ1) is 15.2. The van der Waals surface area contributed by atoms with Crippen LogP contribution in [0.1, 0.15) is 22.3 Å². The maximum absolute atomic E-state index is 12.9. The number of alkyl halides is 3. The predicted molar refractivity (Wildman–Crippen MR) is 117 cm³/mol. The molecule has 1 aliphatic heterocycles. The summed E-state index contributed by atoms with van der Waals surface area (Å²) in [4.78, 5) is 26.7. The van der Waals surface area contributed by atoms with Crippen LogP contribution in [-0.2, 0) is 11.0 Å². The van der Waals surface area contributed by atoms with Gasteiger partial charge >= 0.3 is 6.18 Å². The second kappa shape index (κ2) is 8.65. The molecule has 0 saturated carbocycles. The van der Waals surface area contributed by atoms with Gasteiger partial charge in [0.05, 0.1) is 23.2 Å². The highest BCUT2D eigenvalue weighted by Gasteiger charge is 2.31. The van der Waals surface area contributed by atoms with Crippen LogP contribution in [0, 0.1) is 0 Å². The minimum absolute atomic E-state index is 0.0971. The van der Waals surface area contributed by atoms with Gasteiger partial charge in [0.15, 0.2) is 0 Å². The van der Waals surface area contributed by atoms with Gasteiger partial charge in [0.2, 0.25) is 5.91 Å². The van der Waals surface area contributed by atoms with Crippen molar-refractivity contribution in [3.05, 3.63) is 52.9 Å². The van der Waals surface area contributed by atoms with Gasteiger partial charge in [0.25, 0.3) is 5.91 Å². The number of carbonyl (C=O) groups excluding carboxylic acids is 2. The van der Waals surface area contributed by atoms with Crippen molar-refractivity contribution in [1.82, 2.24) is 15.0 Å². The lowest BCUT2D eigenvalue weighted by molar-refractivity contribution is -0.137. The van der Waals surface area contributed by atoms with Crippen LogP contribution in [0.15, 0.2) is 41.8 Å². The number of anilines is 2. The highest BCUT2D eigenvalue weighted by molar-refractivity contribution is 7.04. The van der Waals surface area contributed by atoms with Gasteiger partial charge in [-0.15, -0.1) is 0 Å². The van der Waals surface area contributed by atoms with E-state index in [4.69, 9.17) is 5.73 Å². The lowest BCUT2D eigenvalue weighted by Crippen LogP contribution is -2.43. The van der Waals surface area contributed by atoms with E-state index in [9.17, 15) is 22.8 Å². The number of hydrogen-bond acceptors (Lipinski definition) is 6. The van der Waals surface area contributed by atoms with Crippen LogP contribution in [0.2, 0.25) is 0 Å². The van der Waals surface area contributed by atoms with Gasteiger partial charge in [0.1, 0.15) is 0 Å². The molecule has 2 amide bonds. The number of fused-ring (bicyclic) bond motifs is 1. The summed E-state index contributed by atoms with van der Waals surface area (Å²) in [6.07, 6.45) is -3.86. The van der Waals surface area contributed by atoms with Crippen molar-refractivity contribution in [2.45, 2.75) is 18.6 Å². The molecule has 0 spiro atoms. The van der Waals surface area contributed by atoms with Crippen LogP contribution in [0.3, 0.4) is 0 Å². The third kappa shape index (κ3) is 4.77. The van der Waals surface area contributed by atoms with Crippen LogP contribution in [0.4, 0.5) is 24.5 Å². The van der Waals surface area contributed by atoms with Gasteiger partial charge in [-0.05, 0) is 54.4 Å². The number of aromatic nitrogens is 1. The molecule has 4 rings (SSSR count). The fraction of sp³-hybridized carbons (Fsp3) is 0.286. The van der Waals surface area contributed by atoms with Crippen molar-refractivity contribution < 1.29 is 22.8 Å². The van der Waals surface area contributed by atoms with Crippen LogP contribution in [0.25, 0.3) is 10.9 Å². The normalized spacial score (nSPS) is 16.3. The molecule has 3 aromatic rings. The first-order valence-corrected chi connectivity index (χ1v) is 10.7. The number of carbonyl (C=O) groups is 2. The van der Waals surface area contributed by atoms with Crippen molar-refractivity contribution >= 4 is 45.6 Å². The Hall–Kier alpha value is -3.34. The Balaban J connectivity index is 1.30. The average molecular weight is 463 g/mol. The lowest BCUT2D eigenvalue weighted by Gasteiger charge is -2.19. The second-order valence-corrected chi connectivity index (χ2v) is 8.17. The first-order valence-electron chi connectivity index (χ1n) is 9.84. The Labute approximate surface area is 185 Å². The molecule has 0 unspecified atom stereocenters. The number of rotatable bonds is 5. The number of benzene rings is 2. The number of nitrogens with one attached hydrogen (secondary N) is 2. The van der Waals surface area contributed by atoms with E-state index in [2.05, 4.69) is 26.0 Å². The third-order valence-electron chi connectivity index (χ3n) is 5.30. The van der Waals surface area contributed by atoms with Crippen LogP contribution in [0.5, 0.6) is 0 Å². The number of hydrogen-bond donors (Lipinski definition) is 3. The molecule has 1 fully saturated rings.